The second-order valence-corrected chi connectivity index (χ2v) is 5.03. The molecule has 0 aliphatic carbocycles. The van der Waals surface area contributed by atoms with Crippen molar-refractivity contribution in [1.82, 2.24) is 14.5 Å². The van der Waals surface area contributed by atoms with Crippen molar-refractivity contribution < 1.29 is 23.1 Å². The van der Waals surface area contributed by atoms with Crippen LogP contribution in [0.15, 0.2) is 55.1 Å². The number of alkyl halides is 3. The van der Waals surface area contributed by atoms with E-state index in [1.165, 1.54) is 18.5 Å². The van der Waals surface area contributed by atoms with Crippen molar-refractivity contribution in [1.29, 1.82) is 0 Å². The first-order chi connectivity index (χ1) is 11.8. The average Bonchev–Trinajstić information content (AvgIpc) is 3.10. The van der Waals surface area contributed by atoms with E-state index in [1.54, 1.807) is 29.1 Å². The highest BCUT2D eigenvalue weighted by Gasteiger charge is 2.34. The molecule has 0 saturated carbocycles. The van der Waals surface area contributed by atoms with Gasteiger partial charge in [0.15, 0.2) is 0 Å². The zero-order valence-electron chi connectivity index (χ0n) is 12.5. The van der Waals surface area contributed by atoms with Crippen LogP contribution in [0.25, 0.3) is 5.82 Å². The topological polar surface area (TPSA) is 80.0 Å². The van der Waals surface area contributed by atoms with Crippen LogP contribution in [0.2, 0.25) is 0 Å². The lowest BCUT2D eigenvalue weighted by molar-refractivity contribution is -0.138. The first-order valence-corrected chi connectivity index (χ1v) is 7.01. The Hall–Kier alpha value is -3.36. The Labute approximate surface area is 139 Å². The normalized spacial score (nSPS) is 11.3. The van der Waals surface area contributed by atoms with Gasteiger partial charge in [0.1, 0.15) is 23.6 Å². The van der Waals surface area contributed by atoms with Crippen molar-refractivity contribution in [2.45, 2.75) is 6.18 Å². The molecule has 2 heterocycles. The van der Waals surface area contributed by atoms with Gasteiger partial charge in [-0.15, -0.1) is 0 Å². The maximum Gasteiger partial charge on any atom is 0.420 e. The molecule has 0 unspecified atom stereocenters. The molecule has 3 aromatic rings. The third-order valence-electron chi connectivity index (χ3n) is 3.30. The monoisotopic (exact) mass is 348 g/mol. The van der Waals surface area contributed by atoms with Crippen LogP contribution in [-0.2, 0) is 6.18 Å². The second kappa shape index (κ2) is 6.27. The molecule has 0 fully saturated rings. The number of benzene rings is 1. The van der Waals surface area contributed by atoms with E-state index in [2.05, 4.69) is 15.3 Å². The van der Waals surface area contributed by atoms with Crippen molar-refractivity contribution in [2.75, 3.05) is 5.32 Å². The number of rotatable bonds is 3. The van der Waals surface area contributed by atoms with Crippen molar-refractivity contribution in [2.24, 2.45) is 0 Å². The summed E-state index contributed by atoms with van der Waals surface area (Å²) in [6.07, 6.45) is -0.0485. The van der Waals surface area contributed by atoms with Gasteiger partial charge in [-0.2, -0.15) is 13.2 Å². The minimum atomic E-state index is -4.73. The predicted molar refractivity (Wildman–Crippen MR) is 82.4 cm³/mol. The smallest absolute Gasteiger partial charge is 0.420 e. The summed E-state index contributed by atoms with van der Waals surface area (Å²) in [5.74, 6) is -1.15. The molecule has 128 valence electrons. The highest BCUT2D eigenvalue weighted by Crippen LogP contribution is 2.37. The van der Waals surface area contributed by atoms with Gasteiger partial charge in [0.25, 0.3) is 5.91 Å². The Balaban J connectivity index is 1.85. The summed E-state index contributed by atoms with van der Waals surface area (Å²) >= 11 is 0. The summed E-state index contributed by atoms with van der Waals surface area (Å²) in [6.45, 7) is 0. The zero-order chi connectivity index (χ0) is 18.0. The summed E-state index contributed by atoms with van der Waals surface area (Å²) in [7, 11) is 0. The van der Waals surface area contributed by atoms with Crippen LogP contribution in [0.3, 0.4) is 0 Å². The van der Waals surface area contributed by atoms with E-state index in [0.29, 0.717) is 11.9 Å². The molecule has 2 aromatic heterocycles. The summed E-state index contributed by atoms with van der Waals surface area (Å²) in [5, 5.41) is 11.6. The average molecular weight is 348 g/mol. The van der Waals surface area contributed by atoms with E-state index in [0.717, 1.165) is 6.07 Å². The van der Waals surface area contributed by atoms with Gasteiger partial charge in [-0.3, -0.25) is 9.36 Å². The van der Waals surface area contributed by atoms with E-state index in [1.807, 2.05) is 0 Å². The Bertz CT molecular complexity index is 908. The van der Waals surface area contributed by atoms with Gasteiger partial charge in [0.2, 0.25) is 0 Å². The number of aromatic hydroxyl groups is 1. The van der Waals surface area contributed by atoms with Crippen LogP contribution in [0.5, 0.6) is 5.75 Å². The fourth-order valence-electron chi connectivity index (χ4n) is 2.12. The molecule has 0 saturated heterocycles. The molecule has 2 N–H and O–H groups in total. The zero-order valence-corrected chi connectivity index (χ0v) is 12.5. The summed E-state index contributed by atoms with van der Waals surface area (Å²) in [4.78, 5) is 20.3. The third-order valence-corrected chi connectivity index (χ3v) is 3.30. The first kappa shape index (κ1) is 16.5. The fraction of sp³-hybridized carbons (Fsp3) is 0.0625. The van der Waals surface area contributed by atoms with Crippen LogP contribution in [0.4, 0.5) is 18.9 Å². The van der Waals surface area contributed by atoms with E-state index >= 15 is 0 Å². The molecule has 0 spiro atoms. The molecule has 0 aliphatic heterocycles. The number of carbonyl (C=O) groups excluding carboxylic acids is 1. The lowest BCUT2D eigenvalue weighted by atomic mass is 10.1. The predicted octanol–water partition coefficient (Wildman–Crippen LogP) is 3.24. The molecule has 9 heteroatoms. The number of amides is 1. The number of phenolic OH excluding ortho intramolecular Hbond substituents is 1. The Morgan fingerprint density at radius 1 is 1.20 bits per heavy atom. The Kier molecular flexibility index (Phi) is 4.14. The van der Waals surface area contributed by atoms with Crippen molar-refractivity contribution in [3.8, 4) is 11.6 Å². The van der Waals surface area contributed by atoms with Crippen LogP contribution in [0, 0.1) is 0 Å². The Morgan fingerprint density at radius 3 is 2.68 bits per heavy atom. The third kappa shape index (κ3) is 3.60. The minimum Gasteiger partial charge on any atom is -0.507 e. The number of anilines is 1. The van der Waals surface area contributed by atoms with Crippen molar-refractivity contribution >= 4 is 11.6 Å². The number of hydrogen-bond donors (Lipinski definition) is 2. The van der Waals surface area contributed by atoms with Crippen molar-refractivity contribution in [3.63, 3.8) is 0 Å². The van der Waals surface area contributed by atoms with Gasteiger partial charge in [0.05, 0.1) is 5.56 Å². The molecule has 25 heavy (non-hydrogen) atoms. The maximum absolute atomic E-state index is 12.8. The number of aromatic nitrogens is 3. The number of imidazole rings is 1. The van der Waals surface area contributed by atoms with Crippen LogP contribution >= 0.6 is 0 Å². The quantitative estimate of drug-likeness (QED) is 0.712. The minimum absolute atomic E-state index is 0.0211. The largest absolute Gasteiger partial charge is 0.507 e. The molecule has 3 rings (SSSR count). The molecule has 6 nitrogen and oxygen atoms in total. The number of nitrogens with zero attached hydrogens (tertiary/aromatic N) is 3. The maximum atomic E-state index is 12.8. The number of hydrogen-bond acceptors (Lipinski definition) is 4. The van der Waals surface area contributed by atoms with E-state index in [4.69, 9.17) is 0 Å². The first-order valence-electron chi connectivity index (χ1n) is 7.01. The molecule has 0 aliphatic rings. The highest BCUT2D eigenvalue weighted by atomic mass is 19.4. The van der Waals surface area contributed by atoms with E-state index < -0.39 is 23.4 Å². The van der Waals surface area contributed by atoms with Gasteiger partial charge in [-0.25, -0.2) is 9.97 Å². The lowest BCUT2D eigenvalue weighted by Crippen LogP contribution is -2.15. The van der Waals surface area contributed by atoms with Crippen LogP contribution in [-0.4, -0.2) is 25.5 Å². The molecular weight excluding hydrogens is 337 g/mol. The van der Waals surface area contributed by atoms with Gasteiger partial charge >= 0.3 is 6.18 Å². The van der Waals surface area contributed by atoms with Crippen LogP contribution < -0.4 is 5.32 Å². The van der Waals surface area contributed by atoms with E-state index in [-0.39, 0.29) is 11.4 Å². The molecular formula is C16H11F3N4O2. The molecule has 0 radical (unpaired) electrons. The number of phenols is 1. The van der Waals surface area contributed by atoms with Gasteiger partial charge < -0.3 is 10.4 Å². The summed E-state index contributed by atoms with van der Waals surface area (Å²) in [5.41, 5.74) is -1.32. The number of pyridine rings is 1. The molecule has 0 atom stereocenters. The van der Waals surface area contributed by atoms with Gasteiger partial charge in [0, 0.05) is 18.1 Å². The summed E-state index contributed by atoms with van der Waals surface area (Å²) < 4.78 is 40.0. The fourth-order valence-corrected chi connectivity index (χ4v) is 2.12. The second-order valence-electron chi connectivity index (χ2n) is 5.03. The van der Waals surface area contributed by atoms with Gasteiger partial charge in [-0.05, 0) is 30.3 Å². The van der Waals surface area contributed by atoms with E-state index in [9.17, 15) is 23.1 Å². The highest BCUT2D eigenvalue weighted by molar-refractivity contribution is 6.03. The van der Waals surface area contributed by atoms with Crippen molar-refractivity contribution in [3.05, 3.63) is 66.4 Å². The van der Waals surface area contributed by atoms with Crippen LogP contribution in [0.1, 0.15) is 16.1 Å². The molecule has 1 amide bonds. The molecule has 1 aromatic carbocycles. The number of halogens is 3. The SMILES string of the molecule is O=C(Nc1ccc(O)c(C(F)(F)F)c1)c1cccc(-n2ccnc2)n1. The Morgan fingerprint density at radius 2 is 2.00 bits per heavy atom. The lowest BCUT2D eigenvalue weighted by Gasteiger charge is -2.12. The number of carbonyl (C=O) groups is 1. The summed E-state index contributed by atoms with van der Waals surface area (Å²) in [6, 6.07) is 7.37. The standard InChI is InChI=1S/C16H11F3N4O2/c17-16(18,19)11-8-10(4-5-13(11)24)21-15(25)12-2-1-3-14(22-12)23-7-6-20-9-23/h1-9,24H,(H,21,25). The van der Waals surface area contributed by atoms with Gasteiger partial charge in [-0.1, -0.05) is 6.07 Å². The number of nitrogens with one attached hydrogen (secondary N) is 1. The molecule has 0 bridgehead atoms.